The highest BCUT2D eigenvalue weighted by Gasteiger charge is 2.25. The molecule has 1 saturated heterocycles. The molecule has 0 saturated carbocycles. The average molecular weight is 286 g/mol. The van der Waals surface area contributed by atoms with Crippen molar-refractivity contribution in [1.29, 1.82) is 0 Å². The van der Waals surface area contributed by atoms with Crippen molar-refractivity contribution < 1.29 is 14.3 Å². The lowest BCUT2D eigenvalue weighted by Gasteiger charge is -2.13. The Morgan fingerprint density at radius 1 is 1.38 bits per heavy atom. The van der Waals surface area contributed by atoms with Crippen LogP contribution in [0.4, 0.5) is 0 Å². The van der Waals surface area contributed by atoms with E-state index in [0.717, 1.165) is 30.8 Å². The summed E-state index contributed by atoms with van der Waals surface area (Å²) in [7, 11) is 0. The molecule has 2 heterocycles. The predicted molar refractivity (Wildman–Crippen MR) is 77.6 cm³/mol. The summed E-state index contributed by atoms with van der Waals surface area (Å²) in [6, 6.07) is 9.80. The molecule has 0 amide bonds. The fourth-order valence-corrected chi connectivity index (χ4v) is 2.79. The zero-order valence-corrected chi connectivity index (χ0v) is 11.7. The molecule has 5 heteroatoms. The Balaban J connectivity index is 1.60. The van der Waals surface area contributed by atoms with Crippen LogP contribution in [-0.2, 0) is 11.3 Å². The Morgan fingerprint density at radius 3 is 2.95 bits per heavy atom. The highest BCUT2D eigenvalue weighted by Crippen LogP contribution is 2.23. The fraction of sp³-hybridized carbons (Fsp3) is 0.375. The molecule has 21 heavy (non-hydrogen) atoms. The summed E-state index contributed by atoms with van der Waals surface area (Å²) in [5, 5.41) is 8.83. The second kappa shape index (κ2) is 6.10. The molecule has 0 radical (unpaired) electrons. The van der Waals surface area contributed by atoms with Gasteiger partial charge in [-0.05, 0) is 31.0 Å². The highest BCUT2D eigenvalue weighted by molar-refractivity contribution is 5.67. The van der Waals surface area contributed by atoms with Crippen molar-refractivity contribution in [3.05, 3.63) is 42.3 Å². The van der Waals surface area contributed by atoms with Gasteiger partial charge in [0, 0.05) is 25.1 Å². The van der Waals surface area contributed by atoms with Crippen molar-refractivity contribution in [2.24, 2.45) is 5.92 Å². The van der Waals surface area contributed by atoms with E-state index < -0.39 is 5.97 Å². The lowest BCUT2D eigenvalue weighted by Crippen LogP contribution is -2.21. The molecule has 1 aliphatic heterocycles. The van der Waals surface area contributed by atoms with E-state index in [0.29, 0.717) is 12.4 Å². The first-order valence-corrected chi connectivity index (χ1v) is 7.14. The van der Waals surface area contributed by atoms with Crippen LogP contribution in [0.1, 0.15) is 18.5 Å². The summed E-state index contributed by atoms with van der Waals surface area (Å²) in [6.07, 6.45) is 2.88. The molecule has 1 atom stereocenters. The molecule has 1 aliphatic rings. The molecule has 0 aliphatic carbocycles. The van der Waals surface area contributed by atoms with Gasteiger partial charge >= 0.3 is 5.97 Å². The van der Waals surface area contributed by atoms with Gasteiger partial charge in [-0.25, -0.2) is 4.98 Å². The lowest BCUT2D eigenvalue weighted by molar-refractivity contribution is -0.138. The van der Waals surface area contributed by atoms with Crippen LogP contribution in [0.3, 0.4) is 0 Å². The Bertz CT molecular complexity index is 609. The number of benzene rings is 1. The van der Waals surface area contributed by atoms with Gasteiger partial charge in [0.2, 0.25) is 5.89 Å². The molecule has 5 nitrogen and oxygen atoms in total. The Labute approximate surface area is 123 Å². The summed E-state index contributed by atoms with van der Waals surface area (Å²) >= 11 is 0. The van der Waals surface area contributed by atoms with E-state index in [1.807, 2.05) is 30.3 Å². The van der Waals surface area contributed by atoms with Crippen LogP contribution >= 0.6 is 0 Å². The van der Waals surface area contributed by atoms with Crippen LogP contribution in [0.2, 0.25) is 0 Å². The summed E-state index contributed by atoms with van der Waals surface area (Å²) in [6.45, 7) is 2.46. The minimum Gasteiger partial charge on any atom is -0.481 e. The Kier molecular flexibility index (Phi) is 4.01. The van der Waals surface area contributed by atoms with Crippen molar-refractivity contribution in [2.75, 3.05) is 13.1 Å². The summed E-state index contributed by atoms with van der Waals surface area (Å²) in [4.78, 5) is 17.5. The molecule has 110 valence electrons. The number of oxazole rings is 1. The standard InChI is InChI=1S/C16H18N2O3/c19-15(20)8-12-6-7-18(9-12)10-14-11-21-16(17-14)13-4-2-1-3-5-13/h1-5,11-12H,6-10H2,(H,19,20). The van der Waals surface area contributed by atoms with Gasteiger partial charge in [0.1, 0.15) is 6.26 Å². The van der Waals surface area contributed by atoms with Crippen molar-refractivity contribution in [3.8, 4) is 11.5 Å². The molecule has 1 aromatic carbocycles. The first kappa shape index (κ1) is 13.8. The van der Waals surface area contributed by atoms with Crippen LogP contribution in [0.25, 0.3) is 11.5 Å². The smallest absolute Gasteiger partial charge is 0.303 e. The third kappa shape index (κ3) is 3.49. The zero-order chi connectivity index (χ0) is 14.7. The van der Waals surface area contributed by atoms with Gasteiger partial charge in [0.15, 0.2) is 0 Å². The second-order valence-electron chi connectivity index (χ2n) is 5.50. The number of aromatic nitrogens is 1. The topological polar surface area (TPSA) is 66.6 Å². The predicted octanol–water partition coefficient (Wildman–Crippen LogP) is 2.64. The summed E-state index contributed by atoms with van der Waals surface area (Å²) in [5.74, 6) is 0.171. The number of carboxylic acids is 1. The van der Waals surface area contributed by atoms with Crippen LogP contribution in [0, 0.1) is 5.92 Å². The van der Waals surface area contributed by atoms with E-state index in [-0.39, 0.29) is 12.3 Å². The number of nitrogens with zero attached hydrogens (tertiary/aromatic N) is 2. The van der Waals surface area contributed by atoms with Crippen molar-refractivity contribution in [3.63, 3.8) is 0 Å². The number of rotatable bonds is 5. The maximum absolute atomic E-state index is 10.7. The van der Waals surface area contributed by atoms with Gasteiger partial charge < -0.3 is 9.52 Å². The maximum atomic E-state index is 10.7. The SMILES string of the molecule is O=C(O)CC1CCN(Cc2coc(-c3ccccc3)n2)C1. The quantitative estimate of drug-likeness (QED) is 0.915. The van der Waals surface area contributed by atoms with Crippen LogP contribution in [-0.4, -0.2) is 34.0 Å². The van der Waals surface area contributed by atoms with Crippen LogP contribution < -0.4 is 0 Å². The molecular weight excluding hydrogens is 268 g/mol. The third-order valence-electron chi connectivity index (χ3n) is 3.79. The third-order valence-corrected chi connectivity index (χ3v) is 3.79. The van der Waals surface area contributed by atoms with Gasteiger partial charge in [0.05, 0.1) is 5.69 Å². The number of carbonyl (C=O) groups is 1. The minimum atomic E-state index is -0.713. The molecule has 1 N–H and O–H groups in total. The van der Waals surface area contributed by atoms with Gasteiger partial charge in [-0.2, -0.15) is 0 Å². The van der Waals surface area contributed by atoms with E-state index in [1.54, 1.807) is 6.26 Å². The van der Waals surface area contributed by atoms with E-state index in [9.17, 15) is 4.79 Å². The summed E-state index contributed by atoms with van der Waals surface area (Å²) in [5.41, 5.74) is 1.86. The van der Waals surface area contributed by atoms with E-state index in [1.165, 1.54) is 0 Å². The first-order chi connectivity index (χ1) is 10.2. The van der Waals surface area contributed by atoms with E-state index >= 15 is 0 Å². The fourth-order valence-electron chi connectivity index (χ4n) is 2.79. The van der Waals surface area contributed by atoms with Gasteiger partial charge in [-0.3, -0.25) is 9.69 Å². The van der Waals surface area contributed by atoms with Crippen LogP contribution in [0.15, 0.2) is 41.0 Å². The molecular formula is C16H18N2O3. The number of hydrogen-bond acceptors (Lipinski definition) is 4. The number of carboxylic acid groups (broad SMARTS) is 1. The van der Waals surface area contributed by atoms with Crippen molar-refractivity contribution in [1.82, 2.24) is 9.88 Å². The monoisotopic (exact) mass is 286 g/mol. The van der Waals surface area contributed by atoms with Crippen molar-refractivity contribution in [2.45, 2.75) is 19.4 Å². The zero-order valence-electron chi connectivity index (χ0n) is 11.7. The largest absolute Gasteiger partial charge is 0.481 e. The Hall–Kier alpha value is -2.14. The van der Waals surface area contributed by atoms with E-state index in [2.05, 4.69) is 9.88 Å². The van der Waals surface area contributed by atoms with Gasteiger partial charge in [-0.1, -0.05) is 18.2 Å². The summed E-state index contributed by atoms with van der Waals surface area (Å²) < 4.78 is 5.52. The molecule has 0 spiro atoms. The lowest BCUT2D eigenvalue weighted by atomic mass is 10.1. The van der Waals surface area contributed by atoms with E-state index in [4.69, 9.17) is 9.52 Å². The number of hydrogen-bond donors (Lipinski definition) is 1. The molecule has 3 rings (SSSR count). The average Bonchev–Trinajstić information content (AvgIpc) is 3.09. The van der Waals surface area contributed by atoms with Gasteiger partial charge in [-0.15, -0.1) is 0 Å². The first-order valence-electron chi connectivity index (χ1n) is 7.14. The Morgan fingerprint density at radius 2 is 2.19 bits per heavy atom. The van der Waals surface area contributed by atoms with Crippen LogP contribution in [0.5, 0.6) is 0 Å². The maximum Gasteiger partial charge on any atom is 0.303 e. The normalized spacial score (nSPS) is 19.0. The molecule has 0 bridgehead atoms. The molecule has 1 unspecified atom stereocenters. The minimum absolute atomic E-state index is 0.253. The highest BCUT2D eigenvalue weighted by atomic mass is 16.4. The molecule has 2 aromatic rings. The molecule has 1 fully saturated rings. The number of aliphatic carboxylic acids is 1. The molecule has 1 aromatic heterocycles. The van der Waals surface area contributed by atoms with Crippen molar-refractivity contribution >= 4 is 5.97 Å². The second-order valence-corrected chi connectivity index (χ2v) is 5.50. The van der Waals surface area contributed by atoms with Gasteiger partial charge in [0.25, 0.3) is 0 Å². The number of likely N-dealkylation sites (tertiary alicyclic amines) is 1.